The van der Waals surface area contributed by atoms with Crippen LogP contribution in [0.1, 0.15) is 41.6 Å². The fraction of sp³-hybridized carbons (Fsp3) is 0.357. The number of imide groups is 1. The largest absolute Gasteiger partial charge is 0.296 e. The summed E-state index contributed by atoms with van der Waals surface area (Å²) in [6.07, 6.45) is 1.72. The maximum Gasteiger partial charge on any atom is 0.237 e. The number of piperidine rings is 1. The maximum absolute atomic E-state index is 12.2. The lowest BCUT2D eigenvalue weighted by Crippen LogP contribution is -2.53. The van der Waals surface area contributed by atoms with Crippen LogP contribution < -0.4 is 5.32 Å². The Kier molecular flexibility index (Phi) is 2.33. The zero-order valence-electron chi connectivity index (χ0n) is 9.86. The first-order chi connectivity index (χ1) is 8.63. The number of rotatable bonds is 0. The normalized spacial score (nSPS) is 27.0. The highest BCUT2D eigenvalue weighted by Crippen LogP contribution is 2.42. The molecule has 2 aliphatic rings. The Labute approximate surface area is 104 Å². The van der Waals surface area contributed by atoms with Crippen molar-refractivity contribution in [3.05, 3.63) is 35.4 Å². The molecule has 2 amide bonds. The van der Waals surface area contributed by atoms with Gasteiger partial charge in [0.15, 0.2) is 5.78 Å². The van der Waals surface area contributed by atoms with Crippen molar-refractivity contribution in [3.8, 4) is 0 Å². The molecule has 1 fully saturated rings. The molecule has 0 aromatic heterocycles. The van der Waals surface area contributed by atoms with Gasteiger partial charge in [-0.25, -0.2) is 0 Å². The van der Waals surface area contributed by atoms with E-state index in [9.17, 15) is 14.4 Å². The molecule has 1 aromatic rings. The van der Waals surface area contributed by atoms with Gasteiger partial charge in [-0.2, -0.15) is 0 Å². The minimum atomic E-state index is -0.682. The van der Waals surface area contributed by atoms with Crippen molar-refractivity contribution in [2.45, 2.75) is 31.1 Å². The van der Waals surface area contributed by atoms with Crippen molar-refractivity contribution in [1.82, 2.24) is 5.32 Å². The third-order valence-corrected chi connectivity index (χ3v) is 3.99. The van der Waals surface area contributed by atoms with E-state index < -0.39 is 5.41 Å². The highest BCUT2D eigenvalue weighted by molar-refractivity contribution is 6.08. The average Bonchev–Trinajstić information content (AvgIpc) is 2.38. The maximum atomic E-state index is 12.2. The molecular weight excluding hydrogens is 230 g/mol. The molecular formula is C14H13NO3. The first-order valence-corrected chi connectivity index (χ1v) is 6.10. The zero-order chi connectivity index (χ0) is 12.8. The van der Waals surface area contributed by atoms with E-state index in [-0.39, 0.29) is 17.6 Å². The Balaban J connectivity index is 2.14. The summed E-state index contributed by atoms with van der Waals surface area (Å²) in [6.45, 7) is 0. The SMILES string of the molecule is O=C1CCC2(CCC(=O)c3ccccc32)C(=O)N1. The van der Waals surface area contributed by atoms with Crippen LogP contribution in [0.25, 0.3) is 0 Å². The van der Waals surface area contributed by atoms with Crippen LogP contribution in [0, 0.1) is 0 Å². The van der Waals surface area contributed by atoms with Crippen LogP contribution in [-0.4, -0.2) is 17.6 Å². The predicted molar refractivity (Wildman–Crippen MR) is 64.1 cm³/mol. The number of benzene rings is 1. The second kappa shape index (κ2) is 3.77. The topological polar surface area (TPSA) is 63.2 Å². The van der Waals surface area contributed by atoms with E-state index in [1.165, 1.54) is 0 Å². The number of fused-ring (bicyclic) bond motifs is 2. The molecule has 0 bridgehead atoms. The van der Waals surface area contributed by atoms with Gasteiger partial charge in [-0.05, 0) is 18.4 Å². The van der Waals surface area contributed by atoms with Crippen molar-refractivity contribution in [2.75, 3.05) is 0 Å². The molecule has 4 nitrogen and oxygen atoms in total. The lowest BCUT2D eigenvalue weighted by Gasteiger charge is -2.39. The molecule has 0 radical (unpaired) electrons. The van der Waals surface area contributed by atoms with Gasteiger partial charge in [0.2, 0.25) is 11.8 Å². The van der Waals surface area contributed by atoms with Gasteiger partial charge in [-0.3, -0.25) is 19.7 Å². The molecule has 1 N–H and O–H groups in total. The molecule has 0 saturated carbocycles. The molecule has 18 heavy (non-hydrogen) atoms. The second-order valence-corrected chi connectivity index (χ2v) is 4.93. The van der Waals surface area contributed by atoms with Crippen LogP contribution >= 0.6 is 0 Å². The van der Waals surface area contributed by atoms with Gasteiger partial charge in [-0.1, -0.05) is 24.3 Å². The van der Waals surface area contributed by atoms with Crippen LogP contribution in [0.15, 0.2) is 24.3 Å². The number of hydrogen-bond acceptors (Lipinski definition) is 3. The average molecular weight is 243 g/mol. The van der Waals surface area contributed by atoms with E-state index in [0.717, 1.165) is 5.56 Å². The van der Waals surface area contributed by atoms with E-state index in [4.69, 9.17) is 0 Å². The van der Waals surface area contributed by atoms with Crippen LogP contribution in [0.4, 0.5) is 0 Å². The van der Waals surface area contributed by atoms with Gasteiger partial charge in [0.1, 0.15) is 0 Å². The van der Waals surface area contributed by atoms with E-state index in [1.54, 1.807) is 6.07 Å². The van der Waals surface area contributed by atoms with Gasteiger partial charge in [-0.15, -0.1) is 0 Å². The minimum Gasteiger partial charge on any atom is -0.296 e. The molecule has 1 spiro atoms. The van der Waals surface area contributed by atoms with E-state index in [1.807, 2.05) is 18.2 Å². The second-order valence-electron chi connectivity index (χ2n) is 4.93. The third kappa shape index (κ3) is 1.41. The molecule has 1 aliphatic heterocycles. The summed E-state index contributed by atoms with van der Waals surface area (Å²) in [5.74, 6) is -0.389. The highest BCUT2D eigenvalue weighted by Gasteiger charge is 2.47. The summed E-state index contributed by atoms with van der Waals surface area (Å²) in [6, 6.07) is 7.24. The van der Waals surface area contributed by atoms with Crippen molar-refractivity contribution in [1.29, 1.82) is 0 Å². The summed E-state index contributed by atoms with van der Waals surface area (Å²) in [5, 5.41) is 2.41. The van der Waals surface area contributed by atoms with Crippen LogP contribution in [-0.2, 0) is 15.0 Å². The number of carbonyl (C=O) groups is 3. The lowest BCUT2D eigenvalue weighted by molar-refractivity contribution is -0.138. The highest BCUT2D eigenvalue weighted by atomic mass is 16.2. The molecule has 3 rings (SSSR count). The molecule has 1 heterocycles. The van der Waals surface area contributed by atoms with Gasteiger partial charge >= 0.3 is 0 Å². The number of amides is 2. The van der Waals surface area contributed by atoms with Crippen LogP contribution in [0.3, 0.4) is 0 Å². The van der Waals surface area contributed by atoms with Crippen molar-refractivity contribution in [3.63, 3.8) is 0 Å². The third-order valence-electron chi connectivity index (χ3n) is 3.99. The van der Waals surface area contributed by atoms with Crippen LogP contribution in [0.2, 0.25) is 0 Å². The number of Topliss-reactive ketones (excluding diaryl/α,β-unsaturated/α-hetero) is 1. The Morgan fingerprint density at radius 1 is 1.00 bits per heavy atom. The Bertz CT molecular complexity index is 564. The summed E-state index contributed by atoms with van der Waals surface area (Å²) < 4.78 is 0. The van der Waals surface area contributed by atoms with Gasteiger partial charge in [0.05, 0.1) is 5.41 Å². The van der Waals surface area contributed by atoms with Crippen molar-refractivity contribution < 1.29 is 14.4 Å². The molecule has 1 saturated heterocycles. The molecule has 1 unspecified atom stereocenters. The molecule has 1 aliphatic carbocycles. The van der Waals surface area contributed by atoms with E-state index in [2.05, 4.69) is 5.32 Å². The van der Waals surface area contributed by atoms with E-state index in [0.29, 0.717) is 31.2 Å². The van der Waals surface area contributed by atoms with Crippen molar-refractivity contribution >= 4 is 17.6 Å². The quantitative estimate of drug-likeness (QED) is 0.699. The first-order valence-electron chi connectivity index (χ1n) is 6.10. The molecule has 1 atom stereocenters. The summed E-state index contributed by atoms with van der Waals surface area (Å²) in [7, 11) is 0. The first kappa shape index (κ1) is 11.1. The Morgan fingerprint density at radius 3 is 2.50 bits per heavy atom. The minimum absolute atomic E-state index is 0.0842. The zero-order valence-corrected chi connectivity index (χ0v) is 9.86. The van der Waals surface area contributed by atoms with Crippen molar-refractivity contribution in [2.24, 2.45) is 0 Å². The predicted octanol–water partition coefficient (Wildman–Crippen LogP) is 1.34. The van der Waals surface area contributed by atoms with Gasteiger partial charge < -0.3 is 0 Å². The Hall–Kier alpha value is -1.97. The summed E-state index contributed by atoms with van der Waals surface area (Å²) >= 11 is 0. The Morgan fingerprint density at radius 2 is 1.72 bits per heavy atom. The number of ketones is 1. The lowest BCUT2D eigenvalue weighted by atomic mass is 9.65. The molecule has 92 valence electrons. The molecule has 4 heteroatoms. The number of hydrogen-bond donors (Lipinski definition) is 1. The smallest absolute Gasteiger partial charge is 0.237 e. The van der Waals surface area contributed by atoms with E-state index >= 15 is 0 Å². The fourth-order valence-electron chi connectivity index (χ4n) is 2.98. The fourth-order valence-corrected chi connectivity index (χ4v) is 2.98. The summed E-state index contributed by atoms with van der Waals surface area (Å²) in [5.41, 5.74) is 0.734. The monoisotopic (exact) mass is 243 g/mol. The van der Waals surface area contributed by atoms with Gasteiger partial charge in [0.25, 0.3) is 0 Å². The standard InChI is InChI=1S/C14H13NO3/c16-11-5-7-14(8-6-12(17)15-13(14)18)10-4-2-1-3-9(10)11/h1-4H,5-8H2,(H,15,17,18). The number of nitrogens with one attached hydrogen (secondary N) is 1. The number of carbonyl (C=O) groups excluding carboxylic acids is 3. The summed E-state index contributed by atoms with van der Waals surface area (Å²) in [4.78, 5) is 35.4. The van der Waals surface area contributed by atoms with Crippen LogP contribution in [0.5, 0.6) is 0 Å². The van der Waals surface area contributed by atoms with Gasteiger partial charge in [0, 0.05) is 18.4 Å². The molecule has 1 aromatic carbocycles.